The van der Waals surface area contributed by atoms with E-state index < -0.39 is 0 Å². The third kappa shape index (κ3) is 2.67. The van der Waals surface area contributed by atoms with Crippen molar-refractivity contribution >= 4 is 35.2 Å². The highest BCUT2D eigenvalue weighted by molar-refractivity contribution is 7.80. The summed E-state index contributed by atoms with van der Waals surface area (Å²) >= 11 is 4.82. The Bertz CT molecular complexity index is 304. The van der Waals surface area contributed by atoms with Crippen LogP contribution in [0.25, 0.3) is 0 Å². The molecule has 70 valence electrons. The molecule has 8 heteroatoms. The van der Waals surface area contributed by atoms with Crippen molar-refractivity contribution in [2.45, 2.75) is 0 Å². The molecular formula is C5H9N7S. The van der Waals surface area contributed by atoms with Gasteiger partial charge < -0.3 is 22.1 Å². The van der Waals surface area contributed by atoms with E-state index in [-0.39, 0.29) is 17.8 Å². The SMILES string of the molecule is CNC(=S)Nc1nc(N)nc(N)n1. The molecule has 0 aromatic carbocycles. The fraction of sp³-hybridized carbons (Fsp3) is 0.200. The Morgan fingerprint density at radius 1 is 1.23 bits per heavy atom. The topological polar surface area (TPSA) is 115 Å². The van der Waals surface area contributed by atoms with Crippen molar-refractivity contribution in [1.82, 2.24) is 20.3 Å². The van der Waals surface area contributed by atoms with Crippen LogP contribution in [-0.4, -0.2) is 27.1 Å². The van der Waals surface area contributed by atoms with Crippen LogP contribution in [0.1, 0.15) is 0 Å². The van der Waals surface area contributed by atoms with E-state index in [1.54, 1.807) is 7.05 Å². The minimum absolute atomic E-state index is 0.0499. The van der Waals surface area contributed by atoms with E-state index >= 15 is 0 Å². The Morgan fingerprint density at radius 2 is 1.77 bits per heavy atom. The first-order valence-electron chi connectivity index (χ1n) is 3.37. The van der Waals surface area contributed by atoms with Crippen molar-refractivity contribution in [2.75, 3.05) is 23.8 Å². The predicted octanol–water partition coefficient (Wildman–Crippen LogP) is -1.05. The molecule has 0 fully saturated rings. The lowest BCUT2D eigenvalue weighted by Crippen LogP contribution is -2.25. The molecule has 1 rings (SSSR count). The second kappa shape index (κ2) is 3.81. The summed E-state index contributed by atoms with van der Waals surface area (Å²) in [5.74, 6) is 0.326. The van der Waals surface area contributed by atoms with Gasteiger partial charge in [-0.3, -0.25) is 0 Å². The molecule has 0 saturated heterocycles. The summed E-state index contributed by atoms with van der Waals surface area (Å²) in [6.07, 6.45) is 0. The third-order valence-electron chi connectivity index (χ3n) is 1.12. The zero-order chi connectivity index (χ0) is 9.84. The van der Waals surface area contributed by atoms with Gasteiger partial charge in [0.15, 0.2) is 5.11 Å². The molecule has 1 aromatic rings. The van der Waals surface area contributed by atoms with Gasteiger partial charge in [0, 0.05) is 7.05 Å². The monoisotopic (exact) mass is 199 g/mol. The Kier molecular flexibility index (Phi) is 2.75. The van der Waals surface area contributed by atoms with E-state index in [0.29, 0.717) is 5.11 Å². The largest absolute Gasteiger partial charge is 0.368 e. The van der Waals surface area contributed by atoms with Crippen molar-refractivity contribution in [3.63, 3.8) is 0 Å². The van der Waals surface area contributed by atoms with Crippen LogP contribution in [0, 0.1) is 0 Å². The molecule has 1 heterocycles. The summed E-state index contributed by atoms with van der Waals surface area (Å²) in [6, 6.07) is 0. The second-order valence-corrected chi connectivity index (χ2v) is 2.49. The lowest BCUT2D eigenvalue weighted by atomic mass is 10.8. The van der Waals surface area contributed by atoms with Crippen LogP contribution in [0.3, 0.4) is 0 Å². The summed E-state index contributed by atoms with van der Waals surface area (Å²) in [5, 5.41) is 5.74. The number of anilines is 3. The van der Waals surface area contributed by atoms with Crippen LogP contribution in [0.15, 0.2) is 0 Å². The summed E-state index contributed by atoms with van der Waals surface area (Å²) in [6.45, 7) is 0. The summed E-state index contributed by atoms with van der Waals surface area (Å²) in [4.78, 5) is 11.1. The van der Waals surface area contributed by atoms with Gasteiger partial charge >= 0.3 is 0 Å². The highest BCUT2D eigenvalue weighted by Gasteiger charge is 2.01. The fourth-order valence-electron chi connectivity index (χ4n) is 0.629. The van der Waals surface area contributed by atoms with Crippen molar-refractivity contribution in [2.24, 2.45) is 0 Å². The average molecular weight is 199 g/mol. The van der Waals surface area contributed by atoms with E-state index in [1.807, 2.05) is 0 Å². The number of nitrogen functional groups attached to an aromatic ring is 2. The van der Waals surface area contributed by atoms with Gasteiger partial charge in [-0.2, -0.15) is 15.0 Å². The molecule has 0 bridgehead atoms. The zero-order valence-corrected chi connectivity index (χ0v) is 7.72. The maximum atomic E-state index is 5.33. The molecule has 0 saturated carbocycles. The number of hydrogen-bond donors (Lipinski definition) is 4. The number of aromatic nitrogens is 3. The minimum atomic E-state index is 0.0499. The van der Waals surface area contributed by atoms with Gasteiger partial charge in [-0.1, -0.05) is 0 Å². The molecule has 0 aliphatic heterocycles. The van der Waals surface area contributed by atoms with Crippen molar-refractivity contribution in [3.05, 3.63) is 0 Å². The number of nitrogens with one attached hydrogen (secondary N) is 2. The lowest BCUT2D eigenvalue weighted by molar-refractivity contribution is 1.08. The normalized spacial score (nSPS) is 9.31. The van der Waals surface area contributed by atoms with Crippen LogP contribution in [0.4, 0.5) is 17.8 Å². The Morgan fingerprint density at radius 3 is 2.23 bits per heavy atom. The van der Waals surface area contributed by atoms with Crippen LogP contribution >= 0.6 is 12.2 Å². The molecule has 0 spiro atoms. The lowest BCUT2D eigenvalue weighted by Gasteiger charge is -2.05. The maximum absolute atomic E-state index is 5.33. The first-order valence-corrected chi connectivity index (χ1v) is 3.78. The van der Waals surface area contributed by atoms with Gasteiger partial charge in [-0.15, -0.1) is 0 Å². The standard InChI is InChI=1S/C5H9N7S/c1-8-5(13)12-4-10-2(6)9-3(7)11-4/h1H3,(H6,6,7,8,9,10,11,12,13). The van der Waals surface area contributed by atoms with Crippen LogP contribution in [0.2, 0.25) is 0 Å². The Hall–Kier alpha value is -1.70. The number of nitrogens with two attached hydrogens (primary N) is 2. The number of nitrogens with zero attached hydrogens (tertiary/aromatic N) is 3. The zero-order valence-electron chi connectivity index (χ0n) is 6.90. The van der Waals surface area contributed by atoms with E-state index in [1.165, 1.54) is 0 Å². The molecule has 0 radical (unpaired) electrons. The number of thiocarbonyl (C=S) groups is 1. The summed E-state index contributed by atoms with van der Waals surface area (Å²) in [5.41, 5.74) is 10.7. The number of rotatable bonds is 1. The summed E-state index contributed by atoms with van der Waals surface area (Å²) < 4.78 is 0. The van der Waals surface area contributed by atoms with Crippen molar-refractivity contribution in [1.29, 1.82) is 0 Å². The Labute approximate surface area is 80.0 Å². The van der Waals surface area contributed by atoms with Gasteiger partial charge in [-0.25, -0.2) is 0 Å². The molecule has 13 heavy (non-hydrogen) atoms. The fourth-order valence-corrected chi connectivity index (χ4v) is 0.721. The molecule has 0 aliphatic rings. The van der Waals surface area contributed by atoms with Gasteiger partial charge in [0.05, 0.1) is 0 Å². The molecule has 1 aromatic heterocycles. The van der Waals surface area contributed by atoms with Gasteiger partial charge in [-0.05, 0) is 12.2 Å². The van der Waals surface area contributed by atoms with Gasteiger partial charge in [0.1, 0.15) is 0 Å². The van der Waals surface area contributed by atoms with E-state index in [9.17, 15) is 0 Å². The van der Waals surface area contributed by atoms with E-state index in [0.717, 1.165) is 0 Å². The maximum Gasteiger partial charge on any atom is 0.235 e. The first-order chi connectivity index (χ1) is 6.11. The van der Waals surface area contributed by atoms with Crippen LogP contribution in [0.5, 0.6) is 0 Å². The molecule has 7 nitrogen and oxygen atoms in total. The molecular weight excluding hydrogens is 190 g/mol. The second-order valence-electron chi connectivity index (χ2n) is 2.08. The Balaban J connectivity index is 2.83. The predicted molar refractivity (Wildman–Crippen MR) is 53.9 cm³/mol. The average Bonchev–Trinajstić information content (AvgIpc) is 2.02. The molecule has 0 amide bonds. The molecule has 0 atom stereocenters. The van der Waals surface area contributed by atoms with Crippen molar-refractivity contribution < 1.29 is 0 Å². The van der Waals surface area contributed by atoms with Crippen molar-refractivity contribution in [3.8, 4) is 0 Å². The number of hydrogen-bond acceptors (Lipinski definition) is 6. The first kappa shape index (κ1) is 9.39. The van der Waals surface area contributed by atoms with E-state index in [4.69, 9.17) is 23.7 Å². The molecule has 6 N–H and O–H groups in total. The van der Waals surface area contributed by atoms with Crippen LogP contribution in [-0.2, 0) is 0 Å². The van der Waals surface area contributed by atoms with E-state index in [2.05, 4.69) is 25.6 Å². The van der Waals surface area contributed by atoms with Crippen LogP contribution < -0.4 is 22.1 Å². The highest BCUT2D eigenvalue weighted by Crippen LogP contribution is 2.02. The molecule has 0 aliphatic carbocycles. The van der Waals surface area contributed by atoms with Gasteiger partial charge in [0.25, 0.3) is 0 Å². The van der Waals surface area contributed by atoms with Gasteiger partial charge in [0.2, 0.25) is 17.8 Å². The molecule has 0 unspecified atom stereocenters. The highest BCUT2D eigenvalue weighted by atomic mass is 32.1. The quantitative estimate of drug-likeness (QED) is 0.424. The smallest absolute Gasteiger partial charge is 0.235 e. The third-order valence-corrected chi connectivity index (χ3v) is 1.43. The summed E-state index contributed by atoms with van der Waals surface area (Å²) in [7, 11) is 1.67. The minimum Gasteiger partial charge on any atom is -0.368 e.